The largest absolute Gasteiger partial charge is 0.461 e. The van der Waals surface area contributed by atoms with Gasteiger partial charge in [0.1, 0.15) is 3.79 Å². The van der Waals surface area contributed by atoms with Gasteiger partial charge in [-0.25, -0.2) is 9.78 Å². The number of nitrogens with zero attached hydrogens (tertiary/aromatic N) is 5. The predicted molar refractivity (Wildman–Crippen MR) is 80.2 cm³/mol. The standard InChI is InChI=1S/C11H12BrN5O3S/c1-2-20-10(19)8-9(12)21-11(15-8)17-5-6(3-7(17)18)4-14-16-13/h6H,2-5H2,1H3. The van der Waals surface area contributed by atoms with Crippen molar-refractivity contribution in [3.8, 4) is 0 Å². The Morgan fingerprint density at radius 1 is 1.71 bits per heavy atom. The van der Waals surface area contributed by atoms with E-state index in [4.69, 9.17) is 10.3 Å². The van der Waals surface area contributed by atoms with Gasteiger partial charge in [-0.15, -0.1) is 0 Å². The van der Waals surface area contributed by atoms with E-state index < -0.39 is 5.97 Å². The highest BCUT2D eigenvalue weighted by atomic mass is 79.9. The smallest absolute Gasteiger partial charge is 0.359 e. The highest BCUT2D eigenvalue weighted by molar-refractivity contribution is 9.11. The Balaban J connectivity index is 2.15. The van der Waals surface area contributed by atoms with E-state index in [-0.39, 0.29) is 30.7 Å². The van der Waals surface area contributed by atoms with Crippen molar-refractivity contribution >= 4 is 44.3 Å². The number of esters is 1. The van der Waals surface area contributed by atoms with E-state index in [1.807, 2.05) is 0 Å². The average molecular weight is 374 g/mol. The van der Waals surface area contributed by atoms with Gasteiger partial charge >= 0.3 is 5.97 Å². The van der Waals surface area contributed by atoms with Crippen molar-refractivity contribution in [2.75, 3.05) is 24.6 Å². The van der Waals surface area contributed by atoms with Crippen molar-refractivity contribution in [3.63, 3.8) is 0 Å². The van der Waals surface area contributed by atoms with Crippen molar-refractivity contribution in [1.29, 1.82) is 0 Å². The molecule has 2 rings (SSSR count). The fourth-order valence-electron chi connectivity index (χ4n) is 1.97. The third kappa shape index (κ3) is 3.52. The van der Waals surface area contributed by atoms with Crippen LogP contribution in [0.5, 0.6) is 0 Å². The number of azide groups is 1. The van der Waals surface area contributed by atoms with Crippen LogP contribution in [-0.4, -0.2) is 36.6 Å². The van der Waals surface area contributed by atoms with Crippen LogP contribution in [0.25, 0.3) is 10.4 Å². The van der Waals surface area contributed by atoms with Crippen molar-refractivity contribution in [2.45, 2.75) is 13.3 Å². The minimum Gasteiger partial charge on any atom is -0.461 e. The van der Waals surface area contributed by atoms with Gasteiger partial charge in [0.15, 0.2) is 10.8 Å². The van der Waals surface area contributed by atoms with Gasteiger partial charge in [-0.1, -0.05) is 16.5 Å². The summed E-state index contributed by atoms with van der Waals surface area (Å²) in [6, 6.07) is 0. The zero-order valence-corrected chi connectivity index (χ0v) is 13.6. The number of thiazole rings is 1. The zero-order chi connectivity index (χ0) is 15.4. The first kappa shape index (κ1) is 15.7. The summed E-state index contributed by atoms with van der Waals surface area (Å²) in [6.07, 6.45) is 0.310. The molecule has 1 fully saturated rings. The Morgan fingerprint density at radius 3 is 3.14 bits per heavy atom. The average Bonchev–Trinajstić information content (AvgIpc) is 3.00. The molecule has 8 nitrogen and oxygen atoms in total. The number of carbonyl (C=O) groups excluding carboxylic acids is 2. The topological polar surface area (TPSA) is 108 Å². The summed E-state index contributed by atoms with van der Waals surface area (Å²) in [7, 11) is 0. The lowest BCUT2D eigenvalue weighted by Gasteiger charge is -2.11. The highest BCUT2D eigenvalue weighted by Crippen LogP contribution is 2.34. The number of halogens is 1. The molecule has 0 aromatic carbocycles. The van der Waals surface area contributed by atoms with E-state index in [0.717, 1.165) is 0 Å². The molecule has 0 aliphatic carbocycles. The molecule has 1 saturated heterocycles. The Bertz CT molecular complexity index is 613. The molecule has 0 spiro atoms. The minimum atomic E-state index is -0.524. The highest BCUT2D eigenvalue weighted by Gasteiger charge is 2.33. The van der Waals surface area contributed by atoms with Gasteiger partial charge in [0.25, 0.3) is 0 Å². The quantitative estimate of drug-likeness (QED) is 0.342. The summed E-state index contributed by atoms with van der Waals surface area (Å²) in [5.41, 5.74) is 8.49. The predicted octanol–water partition coefficient (Wildman–Crippen LogP) is 2.75. The molecule has 1 aromatic rings. The van der Waals surface area contributed by atoms with Crippen LogP contribution >= 0.6 is 27.3 Å². The lowest BCUT2D eigenvalue weighted by atomic mass is 10.1. The molecule has 10 heteroatoms. The summed E-state index contributed by atoms with van der Waals surface area (Å²) in [4.78, 5) is 32.1. The number of anilines is 1. The summed E-state index contributed by atoms with van der Waals surface area (Å²) < 4.78 is 5.43. The maximum Gasteiger partial charge on any atom is 0.359 e. The van der Waals surface area contributed by atoms with E-state index in [1.54, 1.807) is 6.92 Å². The fourth-order valence-corrected chi connectivity index (χ4v) is 3.47. The number of rotatable bonds is 5. The third-order valence-electron chi connectivity index (χ3n) is 2.88. The first-order valence-corrected chi connectivity index (χ1v) is 7.82. The Hall–Kier alpha value is -1.64. The molecule has 1 atom stereocenters. The summed E-state index contributed by atoms with van der Waals surface area (Å²) in [5.74, 6) is -0.643. The van der Waals surface area contributed by atoms with Gasteiger partial charge in [-0.2, -0.15) is 0 Å². The van der Waals surface area contributed by atoms with Crippen LogP contribution in [0.15, 0.2) is 8.90 Å². The second-order valence-electron chi connectivity index (χ2n) is 4.33. The second-order valence-corrected chi connectivity index (χ2v) is 6.62. The van der Waals surface area contributed by atoms with Gasteiger partial charge < -0.3 is 4.74 Å². The molecule has 1 amide bonds. The van der Waals surface area contributed by atoms with Crippen molar-refractivity contribution in [2.24, 2.45) is 11.0 Å². The van der Waals surface area contributed by atoms with E-state index in [2.05, 4.69) is 30.9 Å². The van der Waals surface area contributed by atoms with Crippen LogP contribution in [0, 0.1) is 5.92 Å². The van der Waals surface area contributed by atoms with Crippen LogP contribution in [0.2, 0.25) is 0 Å². The molecule has 1 aliphatic heterocycles. The normalized spacial score (nSPS) is 17.7. The molecule has 2 heterocycles. The number of ether oxygens (including phenoxy) is 1. The maximum absolute atomic E-state index is 12.0. The number of aromatic nitrogens is 1. The van der Waals surface area contributed by atoms with Gasteiger partial charge in [-0.3, -0.25) is 9.69 Å². The van der Waals surface area contributed by atoms with Gasteiger partial charge in [0.2, 0.25) is 5.91 Å². The summed E-state index contributed by atoms with van der Waals surface area (Å²) >= 11 is 4.46. The van der Waals surface area contributed by atoms with Crippen molar-refractivity contribution in [1.82, 2.24) is 4.98 Å². The van der Waals surface area contributed by atoms with Crippen LogP contribution in [0.4, 0.5) is 5.13 Å². The molecular weight excluding hydrogens is 362 g/mol. The van der Waals surface area contributed by atoms with E-state index in [0.29, 0.717) is 21.9 Å². The Labute approximate surface area is 132 Å². The minimum absolute atomic E-state index is 0.0258. The molecule has 21 heavy (non-hydrogen) atoms. The third-order valence-corrected chi connectivity index (χ3v) is 4.61. The first-order valence-electron chi connectivity index (χ1n) is 6.21. The van der Waals surface area contributed by atoms with Crippen LogP contribution in [0.1, 0.15) is 23.8 Å². The van der Waals surface area contributed by atoms with Gasteiger partial charge in [0.05, 0.1) is 6.61 Å². The molecule has 1 unspecified atom stereocenters. The molecule has 0 bridgehead atoms. The fraction of sp³-hybridized carbons (Fsp3) is 0.545. The van der Waals surface area contributed by atoms with Crippen LogP contribution in [0.3, 0.4) is 0 Å². The number of amides is 1. The monoisotopic (exact) mass is 373 g/mol. The van der Waals surface area contributed by atoms with Crippen molar-refractivity contribution in [3.05, 3.63) is 19.9 Å². The lowest BCUT2D eigenvalue weighted by molar-refractivity contribution is -0.117. The van der Waals surface area contributed by atoms with Gasteiger partial charge in [-0.05, 0) is 34.3 Å². The molecule has 112 valence electrons. The molecule has 0 N–H and O–H groups in total. The summed E-state index contributed by atoms with van der Waals surface area (Å²) in [5, 5.41) is 3.94. The van der Waals surface area contributed by atoms with E-state index in [9.17, 15) is 9.59 Å². The molecule has 1 aliphatic rings. The van der Waals surface area contributed by atoms with Crippen LogP contribution < -0.4 is 4.90 Å². The maximum atomic E-state index is 12.0. The molecular formula is C11H12BrN5O3S. The van der Waals surface area contributed by atoms with Gasteiger partial charge in [0, 0.05) is 24.4 Å². The number of hydrogen-bond donors (Lipinski definition) is 0. The SMILES string of the molecule is CCOC(=O)c1nc(N2CC(CN=[N+]=[N-])CC2=O)sc1Br. The Kier molecular flexibility index (Phi) is 5.16. The van der Waals surface area contributed by atoms with Crippen molar-refractivity contribution < 1.29 is 14.3 Å². The lowest BCUT2D eigenvalue weighted by Crippen LogP contribution is -2.24. The van der Waals surface area contributed by atoms with Crippen LogP contribution in [-0.2, 0) is 9.53 Å². The number of hydrogen-bond acceptors (Lipinski definition) is 6. The van der Waals surface area contributed by atoms with E-state index in [1.165, 1.54) is 16.2 Å². The zero-order valence-electron chi connectivity index (χ0n) is 11.2. The number of carbonyl (C=O) groups is 2. The molecule has 0 radical (unpaired) electrons. The summed E-state index contributed by atoms with van der Waals surface area (Å²) in [6.45, 7) is 2.68. The molecule has 1 aromatic heterocycles. The van der Waals surface area contributed by atoms with E-state index >= 15 is 0 Å². The first-order chi connectivity index (χ1) is 10.1. The Morgan fingerprint density at radius 2 is 2.48 bits per heavy atom. The second kappa shape index (κ2) is 6.88. The molecule has 0 saturated carbocycles.